The Labute approximate surface area is 251 Å². The maximum Gasteiger partial charge on any atom is 0.143 e. The Kier molecular flexibility index (Phi) is 4.68. The first-order valence-corrected chi connectivity index (χ1v) is 13.9. The predicted octanol–water partition coefficient (Wildman–Crippen LogP) is 11.5. The maximum absolute atomic E-state index is 8.80. The number of nitrogens with zero attached hydrogens (tertiary/aromatic N) is 1. The molecule has 0 saturated carbocycles. The summed E-state index contributed by atoms with van der Waals surface area (Å²) < 4.78 is 49.1. The number of fused-ring (bicyclic) bond motifs is 5. The normalized spacial score (nSPS) is 13.0. The van der Waals surface area contributed by atoms with Gasteiger partial charge in [-0.25, -0.2) is 0 Å². The Balaban J connectivity index is 1.46. The lowest BCUT2D eigenvalue weighted by molar-refractivity contribution is 0.673. The van der Waals surface area contributed by atoms with E-state index in [0.717, 1.165) is 49.7 Å². The molecule has 1 heterocycles. The minimum atomic E-state index is -0.414. The van der Waals surface area contributed by atoms with E-state index >= 15 is 0 Å². The van der Waals surface area contributed by atoms with Crippen molar-refractivity contribution in [3.63, 3.8) is 0 Å². The summed E-state index contributed by atoms with van der Waals surface area (Å²) in [6.07, 6.45) is 0. The molecule has 0 amide bonds. The van der Waals surface area contributed by atoms with E-state index in [2.05, 4.69) is 47.4 Å². The highest BCUT2D eigenvalue weighted by Crippen LogP contribution is 2.46. The van der Waals surface area contributed by atoms with Crippen molar-refractivity contribution in [2.75, 3.05) is 4.90 Å². The molecule has 0 aliphatic carbocycles. The van der Waals surface area contributed by atoms with E-state index in [-0.39, 0.29) is 29.7 Å². The topological polar surface area (TPSA) is 16.4 Å². The highest BCUT2D eigenvalue weighted by molar-refractivity contribution is 6.22. The lowest BCUT2D eigenvalue weighted by atomic mass is 9.93. The number of hydrogen-bond acceptors (Lipinski definition) is 2. The summed E-state index contributed by atoms with van der Waals surface area (Å²) in [6.45, 7) is 0. The first kappa shape index (κ1) is 19.5. The maximum atomic E-state index is 8.80. The van der Waals surface area contributed by atoms with Crippen LogP contribution in [0.3, 0.4) is 0 Å². The van der Waals surface area contributed by atoms with Crippen LogP contribution in [0.15, 0.2) is 168 Å². The van der Waals surface area contributed by atoms with E-state index in [0.29, 0.717) is 16.7 Å². The second-order valence-electron chi connectivity index (χ2n) is 10.2. The summed E-state index contributed by atoms with van der Waals surface area (Å²) in [4.78, 5) is 2.24. The van der Waals surface area contributed by atoms with E-state index in [1.165, 1.54) is 0 Å². The minimum Gasteiger partial charge on any atom is -0.455 e. The SMILES string of the molecule is [2H]c1c([2H])c([2H])c(-c2cc3c(oc4cccc(-c5ccccc5N(c5ccccc5)c5ccccc5)c43)c3ccccc23)c([2H])c1[2H]. The smallest absolute Gasteiger partial charge is 0.143 e. The summed E-state index contributed by atoms with van der Waals surface area (Å²) in [6, 6.07) is 42.8. The zero-order chi connectivity index (χ0) is 32.2. The van der Waals surface area contributed by atoms with E-state index in [1.54, 1.807) is 0 Å². The predicted molar refractivity (Wildman–Crippen MR) is 177 cm³/mol. The zero-order valence-corrected chi connectivity index (χ0v) is 22.6. The molecular weight excluding hydrogens is 510 g/mol. The molecule has 2 nitrogen and oxygen atoms in total. The molecule has 0 bridgehead atoms. The van der Waals surface area contributed by atoms with Crippen molar-refractivity contribution >= 4 is 49.8 Å². The first-order chi connectivity index (χ1) is 22.9. The van der Waals surface area contributed by atoms with Gasteiger partial charge in [-0.3, -0.25) is 0 Å². The van der Waals surface area contributed by atoms with E-state index < -0.39 is 6.04 Å². The van der Waals surface area contributed by atoms with Crippen LogP contribution in [-0.4, -0.2) is 0 Å². The molecule has 0 atom stereocenters. The molecule has 0 N–H and O–H groups in total. The molecule has 0 aliphatic rings. The zero-order valence-electron chi connectivity index (χ0n) is 27.6. The van der Waals surface area contributed by atoms with Gasteiger partial charge in [0.2, 0.25) is 0 Å². The highest BCUT2D eigenvalue weighted by Gasteiger charge is 2.21. The summed E-state index contributed by atoms with van der Waals surface area (Å²) in [5.41, 5.74) is 7.07. The molecule has 42 heavy (non-hydrogen) atoms. The van der Waals surface area contributed by atoms with E-state index in [4.69, 9.17) is 11.3 Å². The lowest BCUT2D eigenvalue weighted by Crippen LogP contribution is -2.10. The molecule has 2 heteroatoms. The fourth-order valence-corrected chi connectivity index (χ4v) is 5.94. The van der Waals surface area contributed by atoms with Gasteiger partial charge in [0.15, 0.2) is 0 Å². The van der Waals surface area contributed by atoms with Gasteiger partial charge < -0.3 is 9.32 Å². The summed E-state index contributed by atoms with van der Waals surface area (Å²) in [5, 5.41) is 3.24. The van der Waals surface area contributed by atoms with E-state index in [9.17, 15) is 0 Å². The Bertz CT molecular complexity index is 2410. The Morgan fingerprint density at radius 2 is 1.12 bits per heavy atom. The molecule has 0 fully saturated rings. The van der Waals surface area contributed by atoms with Gasteiger partial charge in [0.1, 0.15) is 11.2 Å². The van der Waals surface area contributed by atoms with Gasteiger partial charge in [0, 0.05) is 33.1 Å². The average Bonchev–Trinajstić information content (AvgIpc) is 3.50. The summed E-state index contributed by atoms with van der Waals surface area (Å²) >= 11 is 0. The molecule has 7 aromatic carbocycles. The highest BCUT2D eigenvalue weighted by atomic mass is 16.3. The summed E-state index contributed by atoms with van der Waals surface area (Å²) in [7, 11) is 0. The van der Waals surface area contributed by atoms with Gasteiger partial charge in [-0.15, -0.1) is 0 Å². The second-order valence-corrected chi connectivity index (χ2v) is 10.2. The third kappa shape index (κ3) is 3.96. The number of para-hydroxylation sites is 3. The van der Waals surface area contributed by atoms with Crippen LogP contribution in [0.2, 0.25) is 0 Å². The van der Waals surface area contributed by atoms with Crippen molar-refractivity contribution in [1.29, 1.82) is 0 Å². The number of benzene rings is 7. The van der Waals surface area contributed by atoms with Crippen LogP contribution >= 0.6 is 0 Å². The monoisotopic (exact) mass is 542 g/mol. The Morgan fingerprint density at radius 1 is 0.500 bits per heavy atom. The van der Waals surface area contributed by atoms with Crippen molar-refractivity contribution in [3.05, 3.63) is 164 Å². The van der Waals surface area contributed by atoms with Gasteiger partial charge >= 0.3 is 0 Å². The van der Waals surface area contributed by atoms with Crippen molar-refractivity contribution in [1.82, 2.24) is 0 Å². The van der Waals surface area contributed by atoms with Gasteiger partial charge in [-0.1, -0.05) is 121 Å². The van der Waals surface area contributed by atoms with Crippen molar-refractivity contribution in [2.45, 2.75) is 0 Å². The fourth-order valence-electron chi connectivity index (χ4n) is 5.94. The number of anilines is 3. The Morgan fingerprint density at radius 3 is 1.86 bits per heavy atom. The average molecular weight is 543 g/mol. The number of furan rings is 1. The van der Waals surface area contributed by atoms with Gasteiger partial charge in [0.25, 0.3) is 0 Å². The molecule has 0 aliphatic heterocycles. The van der Waals surface area contributed by atoms with Crippen LogP contribution in [-0.2, 0) is 0 Å². The third-order valence-corrected chi connectivity index (χ3v) is 7.74. The summed E-state index contributed by atoms with van der Waals surface area (Å²) in [5.74, 6) is 0. The minimum absolute atomic E-state index is 0.167. The molecule has 0 unspecified atom stereocenters. The van der Waals surface area contributed by atoms with Crippen molar-refractivity contribution in [2.24, 2.45) is 0 Å². The quantitative estimate of drug-likeness (QED) is 0.215. The van der Waals surface area contributed by atoms with Crippen LogP contribution in [0, 0.1) is 0 Å². The van der Waals surface area contributed by atoms with E-state index in [1.807, 2.05) is 91.0 Å². The van der Waals surface area contributed by atoms with Crippen LogP contribution in [0.4, 0.5) is 17.1 Å². The van der Waals surface area contributed by atoms with Gasteiger partial charge in [-0.2, -0.15) is 0 Å². The second kappa shape index (κ2) is 10.1. The number of hydrogen-bond donors (Lipinski definition) is 0. The Hall–Kier alpha value is -5.60. The fraction of sp³-hybridized carbons (Fsp3) is 0. The largest absolute Gasteiger partial charge is 0.455 e. The lowest BCUT2D eigenvalue weighted by Gasteiger charge is -2.28. The number of rotatable bonds is 5. The first-order valence-electron chi connectivity index (χ1n) is 16.4. The van der Waals surface area contributed by atoms with Crippen molar-refractivity contribution < 1.29 is 11.3 Å². The van der Waals surface area contributed by atoms with Gasteiger partial charge in [-0.05, 0) is 64.5 Å². The van der Waals surface area contributed by atoms with Crippen molar-refractivity contribution in [3.8, 4) is 22.3 Å². The van der Waals surface area contributed by atoms with Crippen LogP contribution in [0.25, 0.3) is 55.0 Å². The molecule has 8 aromatic rings. The molecule has 0 spiro atoms. The van der Waals surface area contributed by atoms with Crippen LogP contribution in [0.5, 0.6) is 0 Å². The van der Waals surface area contributed by atoms with Crippen LogP contribution in [0.1, 0.15) is 6.85 Å². The van der Waals surface area contributed by atoms with Gasteiger partial charge in [0.05, 0.1) is 12.5 Å². The molecule has 0 saturated heterocycles. The third-order valence-electron chi connectivity index (χ3n) is 7.74. The molecule has 1 aromatic heterocycles. The standard InChI is InChI=1S/C40H27NO/c1-4-15-28(16-5-1)35-27-36-39-33(24-14-26-38(39)42-40(36)34-23-11-10-21-31(34)35)32-22-12-13-25-37(32)41(29-17-6-2-7-18-29)30-19-8-3-9-20-30/h1-27H/i1D,4D,5D,15D,16D. The molecule has 8 rings (SSSR count). The molecular formula is C40H27NO. The molecule has 0 radical (unpaired) electrons. The van der Waals surface area contributed by atoms with Crippen LogP contribution < -0.4 is 4.90 Å². The molecule has 198 valence electrons.